The molecule has 5 N–H and O–H groups in total. The first-order valence-corrected chi connectivity index (χ1v) is 17.4. The highest BCUT2D eigenvalue weighted by Gasteiger charge is 2.32. The van der Waals surface area contributed by atoms with E-state index in [9.17, 15) is 24.3 Å². The van der Waals surface area contributed by atoms with Crippen LogP contribution < -0.4 is 26.1 Å². The predicted molar refractivity (Wildman–Crippen MR) is 191 cm³/mol. The van der Waals surface area contributed by atoms with Gasteiger partial charge in [-0.1, -0.05) is 84.0 Å². The molecule has 0 radical (unpaired) electrons. The lowest BCUT2D eigenvalue weighted by Gasteiger charge is -2.33. The van der Waals surface area contributed by atoms with Crippen LogP contribution in [0, 0.1) is 17.8 Å². The fourth-order valence-corrected chi connectivity index (χ4v) is 5.00. The maximum absolute atomic E-state index is 13.6. The van der Waals surface area contributed by atoms with E-state index in [1.54, 1.807) is 46.6 Å². The number of nitrogens with one attached hydrogen (secondary N) is 4. The maximum atomic E-state index is 13.6. The van der Waals surface area contributed by atoms with E-state index >= 15 is 0 Å². The Labute approximate surface area is 296 Å². The summed E-state index contributed by atoms with van der Waals surface area (Å²) in [7, 11) is 0. The topological polar surface area (TPSA) is 168 Å². The van der Waals surface area contributed by atoms with Crippen LogP contribution in [0.25, 0.3) is 0 Å². The normalized spacial score (nSPS) is 13.7. The van der Waals surface area contributed by atoms with Crippen LogP contribution in [0.2, 0.25) is 0 Å². The standard InChI is InChI=1S/C37H57N5O8/c1-9-48-36(46)39-32(25(5)6)34(44)38-30(20-27-14-12-11-13-15-27)31(43)22-42(21-28-16-18-29(19-17-28)50-23-24(3)4)41-35(45)33(26(7)8)40-37(47)49-10-2/h11-19,24-26,30-33,43H,9-10,20-23H2,1-8H3,(H,38,44)(H,39,46)(H,40,47)(H,41,45)/t30-,31-,32-,33-/m0/s1. The lowest BCUT2D eigenvalue weighted by Crippen LogP contribution is -2.59. The summed E-state index contributed by atoms with van der Waals surface area (Å²) < 4.78 is 15.8. The monoisotopic (exact) mass is 699 g/mol. The summed E-state index contributed by atoms with van der Waals surface area (Å²) in [5.41, 5.74) is 4.56. The summed E-state index contributed by atoms with van der Waals surface area (Å²) in [5.74, 6) is -0.484. The van der Waals surface area contributed by atoms with Gasteiger partial charge >= 0.3 is 12.2 Å². The Hall–Kier alpha value is -4.36. The van der Waals surface area contributed by atoms with Gasteiger partial charge in [0.1, 0.15) is 17.8 Å². The van der Waals surface area contributed by atoms with Crippen LogP contribution >= 0.6 is 0 Å². The van der Waals surface area contributed by atoms with Crippen molar-refractivity contribution in [3.8, 4) is 5.75 Å². The zero-order valence-corrected chi connectivity index (χ0v) is 30.7. The van der Waals surface area contributed by atoms with Gasteiger partial charge in [-0.05, 0) is 61.3 Å². The molecule has 4 atom stereocenters. The molecule has 0 aromatic heterocycles. The molecule has 0 aliphatic carbocycles. The quantitative estimate of drug-likeness (QED) is 0.127. The van der Waals surface area contributed by atoms with Gasteiger partial charge in [-0.3, -0.25) is 15.0 Å². The number of aliphatic hydroxyl groups excluding tert-OH is 1. The van der Waals surface area contributed by atoms with Gasteiger partial charge in [0.25, 0.3) is 5.91 Å². The van der Waals surface area contributed by atoms with Crippen LogP contribution in [0.3, 0.4) is 0 Å². The molecule has 4 amide bonds. The SMILES string of the molecule is CCOC(=O)N[C@H](C(=O)N[C@@H](Cc1ccccc1)[C@@H](O)CN(Cc1ccc(OCC(C)C)cc1)NC(=O)[C@@H](NC(=O)OCC)C(C)C)C(C)C. The van der Waals surface area contributed by atoms with Crippen molar-refractivity contribution in [1.82, 2.24) is 26.4 Å². The van der Waals surface area contributed by atoms with Gasteiger partial charge in [-0.15, -0.1) is 0 Å². The highest BCUT2D eigenvalue weighted by Crippen LogP contribution is 2.16. The van der Waals surface area contributed by atoms with Crippen molar-refractivity contribution in [3.05, 3.63) is 65.7 Å². The molecular formula is C37H57N5O8. The first-order valence-electron chi connectivity index (χ1n) is 17.4. The Kier molecular flexibility index (Phi) is 18.1. The number of ether oxygens (including phenoxy) is 3. The minimum Gasteiger partial charge on any atom is -0.493 e. The molecule has 2 aromatic carbocycles. The smallest absolute Gasteiger partial charge is 0.407 e. The first kappa shape index (κ1) is 41.8. The molecule has 0 unspecified atom stereocenters. The van der Waals surface area contributed by atoms with E-state index in [2.05, 4.69) is 35.2 Å². The van der Waals surface area contributed by atoms with Crippen LogP contribution in [0.5, 0.6) is 5.75 Å². The van der Waals surface area contributed by atoms with Gasteiger partial charge < -0.3 is 35.3 Å². The number of rotatable bonds is 20. The molecule has 0 saturated heterocycles. The first-order chi connectivity index (χ1) is 23.7. The number of alkyl carbamates (subject to hydrolysis) is 2. The van der Waals surface area contributed by atoms with E-state index in [4.69, 9.17) is 14.2 Å². The van der Waals surface area contributed by atoms with Crippen molar-refractivity contribution in [2.75, 3.05) is 26.4 Å². The number of hydrazine groups is 1. The van der Waals surface area contributed by atoms with Crippen molar-refractivity contribution in [2.24, 2.45) is 17.8 Å². The van der Waals surface area contributed by atoms with Gasteiger partial charge in [0.2, 0.25) is 5.91 Å². The van der Waals surface area contributed by atoms with Gasteiger partial charge in [-0.25, -0.2) is 14.6 Å². The molecule has 0 saturated carbocycles. The highest BCUT2D eigenvalue weighted by atomic mass is 16.6. The Bertz CT molecular complexity index is 1320. The number of carbonyl (C=O) groups is 4. The number of aliphatic hydroxyl groups is 1. The van der Waals surface area contributed by atoms with Crippen LogP contribution in [0.4, 0.5) is 9.59 Å². The Morgan fingerprint density at radius 3 is 1.76 bits per heavy atom. The fourth-order valence-electron chi connectivity index (χ4n) is 5.00. The second-order valence-corrected chi connectivity index (χ2v) is 13.3. The van der Waals surface area contributed by atoms with E-state index in [0.717, 1.165) is 11.1 Å². The lowest BCUT2D eigenvalue weighted by atomic mass is 9.98. The van der Waals surface area contributed by atoms with Crippen molar-refractivity contribution >= 4 is 24.0 Å². The summed E-state index contributed by atoms with van der Waals surface area (Å²) in [6, 6.07) is 14.1. The molecule has 2 aromatic rings. The van der Waals surface area contributed by atoms with Crippen molar-refractivity contribution in [3.63, 3.8) is 0 Å². The Morgan fingerprint density at radius 1 is 0.720 bits per heavy atom. The number of nitrogens with zero attached hydrogens (tertiary/aromatic N) is 1. The fraction of sp³-hybridized carbons (Fsp3) is 0.568. The molecule has 0 aliphatic heterocycles. The molecule has 0 spiro atoms. The van der Waals surface area contributed by atoms with Gasteiger partial charge in [0.15, 0.2) is 0 Å². The lowest BCUT2D eigenvalue weighted by molar-refractivity contribution is -0.131. The number of hydrogen-bond acceptors (Lipinski definition) is 9. The average molecular weight is 700 g/mol. The predicted octanol–water partition coefficient (Wildman–Crippen LogP) is 4.18. The summed E-state index contributed by atoms with van der Waals surface area (Å²) in [6.45, 7) is 15.6. The van der Waals surface area contributed by atoms with Crippen LogP contribution in [-0.2, 0) is 32.0 Å². The summed E-state index contributed by atoms with van der Waals surface area (Å²) in [6.07, 6.45) is -2.36. The largest absolute Gasteiger partial charge is 0.493 e. The van der Waals surface area contributed by atoms with Gasteiger partial charge in [0.05, 0.1) is 32.0 Å². The van der Waals surface area contributed by atoms with Gasteiger partial charge in [0, 0.05) is 13.1 Å². The summed E-state index contributed by atoms with van der Waals surface area (Å²) >= 11 is 0. The molecule has 0 aliphatic rings. The highest BCUT2D eigenvalue weighted by molar-refractivity contribution is 5.86. The zero-order chi connectivity index (χ0) is 37.2. The maximum Gasteiger partial charge on any atom is 0.407 e. The van der Waals surface area contributed by atoms with Crippen LogP contribution in [0.15, 0.2) is 54.6 Å². The Balaban J connectivity index is 2.40. The van der Waals surface area contributed by atoms with E-state index < -0.39 is 48.2 Å². The molecule has 278 valence electrons. The molecule has 2 rings (SSSR count). The van der Waals surface area contributed by atoms with E-state index in [0.29, 0.717) is 18.3 Å². The van der Waals surface area contributed by atoms with Crippen molar-refractivity contribution < 1.29 is 38.5 Å². The van der Waals surface area contributed by atoms with E-state index in [1.807, 2.05) is 54.6 Å². The van der Waals surface area contributed by atoms with Crippen LogP contribution in [0.1, 0.15) is 66.5 Å². The molecule has 0 bridgehead atoms. The second kappa shape index (κ2) is 21.7. The average Bonchev–Trinajstić information content (AvgIpc) is 3.05. The number of benzene rings is 2. The Morgan fingerprint density at radius 2 is 1.26 bits per heavy atom. The van der Waals surface area contributed by atoms with E-state index in [-0.39, 0.29) is 44.6 Å². The third kappa shape index (κ3) is 15.0. The summed E-state index contributed by atoms with van der Waals surface area (Å²) in [4.78, 5) is 51.7. The minimum atomic E-state index is -1.20. The summed E-state index contributed by atoms with van der Waals surface area (Å²) in [5, 5.41) is 21.5. The third-order valence-electron chi connectivity index (χ3n) is 7.64. The molecule has 0 fully saturated rings. The second-order valence-electron chi connectivity index (χ2n) is 13.3. The number of hydrogen-bond donors (Lipinski definition) is 5. The van der Waals surface area contributed by atoms with E-state index in [1.165, 1.54) is 0 Å². The van der Waals surface area contributed by atoms with Crippen LogP contribution in [-0.4, -0.2) is 84.7 Å². The van der Waals surface area contributed by atoms with Crippen molar-refractivity contribution in [2.45, 2.75) is 92.6 Å². The zero-order valence-electron chi connectivity index (χ0n) is 30.7. The number of amides is 4. The number of carbonyl (C=O) groups excluding carboxylic acids is 4. The molecule has 13 heteroatoms. The molecule has 0 heterocycles. The molecule has 13 nitrogen and oxygen atoms in total. The minimum absolute atomic E-state index is 0.100. The van der Waals surface area contributed by atoms with Gasteiger partial charge in [-0.2, -0.15) is 0 Å². The molecule has 50 heavy (non-hydrogen) atoms. The third-order valence-corrected chi connectivity index (χ3v) is 7.64. The van der Waals surface area contributed by atoms with Crippen molar-refractivity contribution in [1.29, 1.82) is 0 Å². The molecular weight excluding hydrogens is 642 g/mol.